The zero-order chi connectivity index (χ0) is 14.7. The summed E-state index contributed by atoms with van der Waals surface area (Å²) in [6.45, 7) is 7.06. The number of benzene rings is 1. The smallest absolute Gasteiger partial charge is 0.315 e. The Labute approximate surface area is 119 Å². The van der Waals surface area contributed by atoms with E-state index in [2.05, 4.69) is 16.7 Å². The van der Waals surface area contributed by atoms with E-state index in [1.165, 1.54) is 0 Å². The number of anilines is 1. The second-order valence-electron chi connectivity index (χ2n) is 5.18. The Balaban J connectivity index is 2.09. The number of urea groups is 1. The van der Waals surface area contributed by atoms with Crippen molar-refractivity contribution in [3.63, 3.8) is 0 Å². The maximum atomic E-state index is 12.4. The first-order chi connectivity index (χ1) is 9.51. The number of nitrogens with one attached hydrogen (secondary N) is 2. The molecule has 0 saturated carbocycles. The molecule has 3 amide bonds. The normalized spacial score (nSPS) is 18.2. The molecule has 5 heteroatoms. The van der Waals surface area contributed by atoms with Crippen LogP contribution in [0.3, 0.4) is 0 Å². The topological polar surface area (TPSA) is 61.4 Å². The molecule has 1 aromatic carbocycles. The predicted octanol–water partition coefficient (Wildman–Crippen LogP) is 1.73. The van der Waals surface area contributed by atoms with Gasteiger partial charge in [-0.2, -0.15) is 0 Å². The number of aryl methyl sites for hydroxylation is 2. The molecule has 1 aromatic rings. The first-order valence-electron chi connectivity index (χ1n) is 6.95. The first-order valence-corrected chi connectivity index (χ1v) is 6.95. The van der Waals surface area contributed by atoms with Gasteiger partial charge >= 0.3 is 6.03 Å². The van der Waals surface area contributed by atoms with E-state index < -0.39 is 6.04 Å². The Morgan fingerprint density at radius 3 is 2.55 bits per heavy atom. The Morgan fingerprint density at radius 1 is 1.30 bits per heavy atom. The average Bonchev–Trinajstić information content (AvgIpc) is 2.70. The molecule has 1 aliphatic rings. The van der Waals surface area contributed by atoms with E-state index in [4.69, 9.17) is 0 Å². The highest BCUT2D eigenvalue weighted by atomic mass is 16.2. The van der Waals surface area contributed by atoms with Crippen LogP contribution in [0.15, 0.2) is 18.2 Å². The van der Waals surface area contributed by atoms with Crippen LogP contribution in [-0.2, 0) is 4.79 Å². The minimum Gasteiger partial charge on any atom is -0.338 e. The maximum Gasteiger partial charge on any atom is 0.315 e. The molecule has 2 rings (SSSR count). The molecule has 0 aromatic heterocycles. The third kappa shape index (κ3) is 3.10. The van der Waals surface area contributed by atoms with E-state index in [-0.39, 0.29) is 11.9 Å². The largest absolute Gasteiger partial charge is 0.338 e. The van der Waals surface area contributed by atoms with Gasteiger partial charge in [-0.1, -0.05) is 6.07 Å². The Hall–Kier alpha value is -2.04. The second kappa shape index (κ2) is 5.94. The fourth-order valence-corrected chi connectivity index (χ4v) is 2.55. The van der Waals surface area contributed by atoms with E-state index in [1.54, 1.807) is 4.90 Å². The molecular weight excluding hydrogens is 254 g/mol. The van der Waals surface area contributed by atoms with E-state index in [9.17, 15) is 9.59 Å². The fraction of sp³-hybridized carbons (Fsp3) is 0.467. The highest BCUT2D eigenvalue weighted by Gasteiger charge is 2.33. The molecule has 20 heavy (non-hydrogen) atoms. The van der Waals surface area contributed by atoms with Crippen molar-refractivity contribution in [1.82, 2.24) is 10.6 Å². The predicted molar refractivity (Wildman–Crippen MR) is 78.9 cm³/mol. The molecule has 1 saturated heterocycles. The number of nitrogens with zero attached hydrogens (tertiary/aromatic N) is 1. The van der Waals surface area contributed by atoms with Gasteiger partial charge in [-0.25, -0.2) is 4.79 Å². The van der Waals surface area contributed by atoms with Crippen LogP contribution in [0.5, 0.6) is 0 Å². The summed E-state index contributed by atoms with van der Waals surface area (Å²) in [5.74, 6) is -0.0405. The van der Waals surface area contributed by atoms with Gasteiger partial charge in [0.25, 0.3) is 0 Å². The van der Waals surface area contributed by atoms with Crippen molar-refractivity contribution >= 4 is 17.6 Å². The molecule has 0 spiro atoms. The third-order valence-electron chi connectivity index (χ3n) is 3.37. The lowest BCUT2D eigenvalue weighted by atomic mass is 10.1. The Morgan fingerprint density at radius 2 is 1.95 bits per heavy atom. The van der Waals surface area contributed by atoms with Crippen molar-refractivity contribution in [3.8, 4) is 0 Å². The van der Waals surface area contributed by atoms with Gasteiger partial charge in [0.1, 0.15) is 6.04 Å². The number of hydrogen-bond donors (Lipinski definition) is 2. The number of rotatable bonds is 3. The molecule has 1 heterocycles. The van der Waals surface area contributed by atoms with Crippen molar-refractivity contribution in [3.05, 3.63) is 29.3 Å². The molecule has 5 nitrogen and oxygen atoms in total. The molecule has 1 atom stereocenters. The number of carbonyl (C=O) groups is 2. The van der Waals surface area contributed by atoms with Gasteiger partial charge in [-0.3, -0.25) is 4.79 Å². The lowest BCUT2D eigenvalue weighted by Crippen LogP contribution is -2.46. The summed E-state index contributed by atoms with van der Waals surface area (Å²) in [5.41, 5.74) is 3.17. The third-order valence-corrected chi connectivity index (χ3v) is 3.37. The SMILES string of the molecule is CCNC(=O)N[C@@H]1CCN(c2cc(C)cc(C)c2)C1=O. The van der Waals surface area contributed by atoms with Crippen LogP contribution in [0.2, 0.25) is 0 Å². The molecular formula is C15H21N3O2. The molecule has 0 unspecified atom stereocenters. The van der Waals surface area contributed by atoms with Crippen LogP contribution in [0.1, 0.15) is 24.5 Å². The zero-order valence-corrected chi connectivity index (χ0v) is 12.2. The van der Waals surface area contributed by atoms with Gasteiger partial charge in [0.15, 0.2) is 0 Å². The lowest BCUT2D eigenvalue weighted by molar-refractivity contribution is -0.118. The van der Waals surface area contributed by atoms with Gasteiger partial charge in [0, 0.05) is 18.8 Å². The van der Waals surface area contributed by atoms with Crippen molar-refractivity contribution in [1.29, 1.82) is 0 Å². The summed E-state index contributed by atoms with van der Waals surface area (Å²) >= 11 is 0. The molecule has 1 aliphatic heterocycles. The summed E-state index contributed by atoms with van der Waals surface area (Å²) in [4.78, 5) is 25.6. The molecule has 108 valence electrons. The van der Waals surface area contributed by atoms with Gasteiger partial charge in [0.05, 0.1) is 0 Å². The van der Waals surface area contributed by atoms with Crippen molar-refractivity contribution < 1.29 is 9.59 Å². The van der Waals surface area contributed by atoms with Gasteiger partial charge in [0.2, 0.25) is 5.91 Å². The van der Waals surface area contributed by atoms with Crippen LogP contribution in [0, 0.1) is 13.8 Å². The lowest BCUT2D eigenvalue weighted by Gasteiger charge is -2.18. The maximum absolute atomic E-state index is 12.4. The highest BCUT2D eigenvalue weighted by molar-refractivity contribution is 6.01. The average molecular weight is 275 g/mol. The molecule has 2 N–H and O–H groups in total. The minimum atomic E-state index is -0.428. The molecule has 0 radical (unpaired) electrons. The van der Waals surface area contributed by atoms with Crippen LogP contribution in [-0.4, -0.2) is 31.1 Å². The summed E-state index contributed by atoms with van der Waals surface area (Å²) in [5, 5.41) is 5.36. The second-order valence-corrected chi connectivity index (χ2v) is 5.18. The standard InChI is InChI=1S/C15H21N3O2/c1-4-16-15(20)17-13-5-6-18(14(13)19)12-8-10(2)7-11(3)9-12/h7-9,13H,4-6H2,1-3H3,(H2,16,17,20)/t13-/m1/s1. The first kappa shape index (κ1) is 14.4. The number of carbonyl (C=O) groups excluding carboxylic acids is 2. The number of amides is 3. The van der Waals surface area contributed by atoms with Crippen molar-refractivity contribution in [2.75, 3.05) is 18.0 Å². The monoisotopic (exact) mass is 275 g/mol. The Kier molecular flexibility index (Phi) is 4.27. The van der Waals surface area contributed by atoms with Crippen LogP contribution < -0.4 is 15.5 Å². The minimum absolute atomic E-state index is 0.0405. The summed E-state index contributed by atoms with van der Waals surface area (Å²) < 4.78 is 0. The van der Waals surface area contributed by atoms with E-state index in [0.717, 1.165) is 16.8 Å². The number of hydrogen-bond acceptors (Lipinski definition) is 2. The fourth-order valence-electron chi connectivity index (χ4n) is 2.55. The van der Waals surface area contributed by atoms with E-state index in [0.29, 0.717) is 19.5 Å². The van der Waals surface area contributed by atoms with Gasteiger partial charge < -0.3 is 15.5 Å². The van der Waals surface area contributed by atoms with Crippen LogP contribution in [0.4, 0.5) is 10.5 Å². The van der Waals surface area contributed by atoms with Crippen LogP contribution in [0.25, 0.3) is 0 Å². The quantitative estimate of drug-likeness (QED) is 0.882. The summed E-state index contributed by atoms with van der Waals surface area (Å²) in [6, 6.07) is 5.36. The zero-order valence-electron chi connectivity index (χ0n) is 12.2. The van der Waals surface area contributed by atoms with Crippen molar-refractivity contribution in [2.24, 2.45) is 0 Å². The molecule has 0 aliphatic carbocycles. The Bertz CT molecular complexity index is 508. The molecule has 1 fully saturated rings. The van der Waals surface area contributed by atoms with E-state index in [1.807, 2.05) is 32.9 Å². The summed E-state index contributed by atoms with van der Waals surface area (Å²) in [7, 11) is 0. The van der Waals surface area contributed by atoms with E-state index >= 15 is 0 Å². The van der Waals surface area contributed by atoms with Gasteiger partial charge in [-0.05, 0) is 50.5 Å². The van der Waals surface area contributed by atoms with Gasteiger partial charge in [-0.15, -0.1) is 0 Å². The highest BCUT2D eigenvalue weighted by Crippen LogP contribution is 2.24. The summed E-state index contributed by atoms with van der Waals surface area (Å²) in [6.07, 6.45) is 0.642. The van der Waals surface area contributed by atoms with Crippen LogP contribution >= 0.6 is 0 Å². The van der Waals surface area contributed by atoms with Crippen molar-refractivity contribution in [2.45, 2.75) is 33.2 Å². The molecule has 0 bridgehead atoms.